The van der Waals surface area contributed by atoms with Crippen molar-refractivity contribution in [1.29, 1.82) is 0 Å². The number of hydrogen-bond donors (Lipinski definition) is 1. The molecular weight excluding hydrogens is 158 g/mol. The van der Waals surface area contributed by atoms with Crippen LogP contribution in [0.2, 0.25) is 0 Å². The van der Waals surface area contributed by atoms with Crippen LogP contribution in [-0.2, 0) is 9.63 Å². The first-order chi connectivity index (χ1) is 5.52. The molecule has 70 valence electrons. The zero-order chi connectivity index (χ0) is 9.56. The van der Waals surface area contributed by atoms with Crippen LogP contribution < -0.4 is 0 Å². The van der Waals surface area contributed by atoms with Crippen molar-refractivity contribution in [1.82, 2.24) is 0 Å². The van der Waals surface area contributed by atoms with Crippen molar-refractivity contribution in [3.8, 4) is 0 Å². The zero-order valence-corrected chi connectivity index (χ0v) is 7.70. The van der Waals surface area contributed by atoms with Gasteiger partial charge < -0.3 is 9.94 Å². The number of carboxylic acids is 1. The lowest BCUT2D eigenvalue weighted by Crippen LogP contribution is -2.05. The summed E-state index contributed by atoms with van der Waals surface area (Å²) in [5, 5.41) is 11.9. The Bertz CT molecular complexity index is 175. The van der Waals surface area contributed by atoms with E-state index in [0.29, 0.717) is 5.92 Å². The third-order valence-electron chi connectivity index (χ3n) is 1.11. The predicted octanol–water partition coefficient (Wildman–Crippen LogP) is 1.51. The van der Waals surface area contributed by atoms with Crippen LogP contribution in [0.15, 0.2) is 5.16 Å². The van der Waals surface area contributed by atoms with Gasteiger partial charge in [-0.15, -0.1) is 0 Å². The van der Waals surface area contributed by atoms with Gasteiger partial charge in [0, 0.05) is 0 Å². The summed E-state index contributed by atoms with van der Waals surface area (Å²) in [5.41, 5.74) is 0.825. The Morgan fingerprint density at radius 2 is 2.17 bits per heavy atom. The molecule has 0 fully saturated rings. The molecule has 0 rings (SSSR count). The maximum absolute atomic E-state index is 10.0. The number of oxime groups is 1. The van der Waals surface area contributed by atoms with Gasteiger partial charge in [0.1, 0.15) is 0 Å². The molecule has 0 aromatic heterocycles. The summed E-state index contributed by atoms with van der Waals surface area (Å²) in [6.07, 6.45) is 0.833. The van der Waals surface area contributed by atoms with Crippen LogP contribution in [0.1, 0.15) is 27.2 Å². The topological polar surface area (TPSA) is 58.9 Å². The van der Waals surface area contributed by atoms with Crippen LogP contribution in [0.5, 0.6) is 0 Å². The standard InChI is InChI=1S/C8H15NO3/c1-6(2)4-7(3)9-12-5-8(10)11/h6H,4-5H2,1-3H3,(H,10,11). The molecule has 1 N–H and O–H groups in total. The van der Waals surface area contributed by atoms with E-state index in [9.17, 15) is 4.79 Å². The molecule has 0 saturated heterocycles. The third kappa shape index (κ3) is 7.05. The van der Waals surface area contributed by atoms with Crippen molar-refractivity contribution in [2.24, 2.45) is 11.1 Å². The summed E-state index contributed by atoms with van der Waals surface area (Å²) in [4.78, 5) is 14.6. The Balaban J connectivity index is 3.62. The summed E-state index contributed by atoms with van der Waals surface area (Å²) < 4.78 is 0. The molecule has 0 aromatic carbocycles. The van der Waals surface area contributed by atoms with Crippen LogP contribution in [0, 0.1) is 5.92 Å². The second kappa shape index (κ2) is 5.57. The molecule has 0 unspecified atom stereocenters. The second-order valence-electron chi connectivity index (χ2n) is 3.09. The molecule has 0 saturated carbocycles. The molecule has 4 nitrogen and oxygen atoms in total. The number of hydrogen-bond acceptors (Lipinski definition) is 3. The SMILES string of the molecule is CC(CC(C)C)=NOCC(=O)O. The van der Waals surface area contributed by atoms with Crippen LogP contribution in [-0.4, -0.2) is 23.4 Å². The minimum atomic E-state index is -1.00. The fourth-order valence-corrected chi connectivity index (χ4v) is 0.826. The van der Waals surface area contributed by atoms with Gasteiger partial charge >= 0.3 is 5.97 Å². The van der Waals surface area contributed by atoms with Crippen molar-refractivity contribution >= 4 is 11.7 Å². The molecule has 0 heterocycles. The fraction of sp³-hybridized carbons (Fsp3) is 0.750. The van der Waals surface area contributed by atoms with Crippen molar-refractivity contribution in [3.63, 3.8) is 0 Å². The maximum Gasteiger partial charge on any atom is 0.344 e. The molecule has 0 radical (unpaired) electrons. The van der Waals surface area contributed by atoms with E-state index in [1.807, 2.05) is 6.92 Å². The molecule has 0 bridgehead atoms. The normalized spacial score (nSPS) is 11.8. The molecule has 0 aliphatic heterocycles. The molecule has 0 amide bonds. The van der Waals surface area contributed by atoms with Gasteiger partial charge in [-0.05, 0) is 19.3 Å². The lowest BCUT2D eigenvalue weighted by atomic mass is 10.1. The summed E-state index contributed by atoms with van der Waals surface area (Å²) in [6.45, 7) is 5.59. The van der Waals surface area contributed by atoms with E-state index in [4.69, 9.17) is 5.11 Å². The first-order valence-electron chi connectivity index (χ1n) is 3.89. The van der Waals surface area contributed by atoms with Crippen molar-refractivity contribution < 1.29 is 14.7 Å². The number of rotatable bonds is 5. The molecular formula is C8H15NO3. The largest absolute Gasteiger partial charge is 0.479 e. The highest BCUT2D eigenvalue weighted by Gasteiger charge is 1.98. The monoisotopic (exact) mass is 173 g/mol. The average Bonchev–Trinajstić information content (AvgIpc) is 1.84. The Labute approximate surface area is 72.2 Å². The van der Waals surface area contributed by atoms with Crippen LogP contribution >= 0.6 is 0 Å². The summed E-state index contributed by atoms with van der Waals surface area (Å²) >= 11 is 0. The molecule has 4 heteroatoms. The summed E-state index contributed by atoms with van der Waals surface area (Å²) in [7, 11) is 0. The highest BCUT2D eigenvalue weighted by Crippen LogP contribution is 2.01. The molecule has 0 spiro atoms. The molecule has 0 aliphatic rings. The van der Waals surface area contributed by atoms with Gasteiger partial charge in [0.25, 0.3) is 0 Å². The van der Waals surface area contributed by atoms with Gasteiger partial charge in [0.15, 0.2) is 0 Å². The van der Waals surface area contributed by atoms with E-state index >= 15 is 0 Å². The van der Waals surface area contributed by atoms with E-state index < -0.39 is 5.97 Å². The summed E-state index contributed by atoms with van der Waals surface area (Å²) in [6, 6.07) is 0. The lowest BCUT2D eigenvalue weighted by Gasteiger charge is -2.02. The maximum atomic E-state index is 10.0. The van der Waals surface area contributed by atoms with Crippen molar-refractivity contribution in [3.05, 3.63) is 0 Å². The highest BCUT2D eigenvalue weighted by molar-refractivity contribution is 5.81. The second-order valence-corrected chi connectivity index (χ2v) is 3.09. The van der Waals surface area contributed by atoms with E-state index in [-0.39, 0.29) is 6.61 Å². The van der Waals surface area contributed by atoms with E-state index in [1.54, 1.807) is 0 Å². The molecule has 0 aliphatic carbocycles. The van der Waals surface area contributed by atoms with E-state index in [1.165, 1.54) is 0 Å². The Morgan fingerprint density at radius 3 is 2.58 bits per heavy atom. The Kier molecular flexibility index (Phi) is 5.08. The van der Waals surface area contributed by atoms with Crippen LogP contribution in [0.4, 0.5) is 0 Å². The van der Waals surface area contributed by atoms with Crippen LogP contribution in [0.25, 0.3) is 0 Å². The van der Waals surface area contributed by atoms with Gasteiger partial charge in [-0.2, -0.15) is 0 Å². The molecule has 12 heavy (non-hydrogen) atoms. The average molecular weight is 173 g/mol. The highest BCUT2D eigenvalue weighted by atomic mass is 16.6. The minimum Gasteiger partial charge on any atom is -0.479 e. The van der Waals surface area contributed by atoms with Gasteiger partial charge in [-0.25, -0.2) is 4.79 Å². The lowest BCUT2D eigenvalue weighted by molar-refractivity contribution is -0.142. The quantitative estimate of drug-likeness (QED) is 0.506. The van der Waals surface area contributed by atoms with Crippen LogP contribution in [0.3, 0.4) is 0 Å². The predicted molar refractivity (Wildman–Crippen MR) is 46.2 cm³/mol. The Hall–Kier alpha value is -1.06. The van der Waals surface area contributed by atoms with E-state index in [0.717, 1.165) is 12.1 Å². The molecule has 0 atom stereocenters. The van der Waals surface area contributed by atoms with Crippen molar-refractivity contribution in [2.45, 2.75) is 27.2 Å². The Morgan fingerprint density at radius 1 is 1.58 bits per heavy atom. The number of carboxylic acid groups (broad SMARTS) is 1. The van der Waals surface area contributed by atoms with Crippen molar-refractivity contribution in [2.75, 3.05) is 6.61 Å². The number of nitrogens with zero attached hydrogens (tertiary/aromatic N) is 1. The summed E-state index contributed by atoms with van der Waals surface area (Å²) in [5.74, 6) is -0.488. The first kappa shape index (κ1) is 10.9. The van der Waals surface area contributed by atoms with Gasteiger partial charge in [-0.1, -0.05) is 19.0 Å². The molecule has 0 aromatic rings. The number of aliphatic carboxylic acids is 1. The van der Waals surface area contributed by atoms with Gasteiger partial charge in [-0.3, -0.25) is 0 Å². The smallest absolute Gasteiger partial charge is 0.344 e. The zero-order valence-electron chi connectivity index (χ0n) is 7.70. The fourth-order valence-electron chi connectivity index (χ4n) is 0.826. The third-order valence-corrected chi connectivity index (χ3v) is 1.11. The minimum absolute atomic E-state index is 0.366. The number of carbonyl (C=O) groups is 1. The van der Waals surface area contributed by atoms with Gasteiger partial charge in [0.2, 0.25) is 6.61 Å². The van der Waals surface area contributed by atoms with E-state index in [2.05, 4.69) is 23.8 Å². The van der Waals surface area contributed by atoms with Gasteiger partial charge in [0.05, 0.1) is 5.71 Å². The first-order valence-corrected chi connectivity index (χ1v) is 3.89.